The fraction of sp³-hybridized carbons (Fsp3) is 0.600. The summed E-state index contributed by atoms with van der Waals surface area (Å²) in [6.45, 7) is 8.65. The maximum atomic E-state index is 6.13. The zero-order valence-electron chi connectivity index (χ0n) is 11.1. The lowest BCUT2D eigenvalue weighted by molar-refractivity contribution is -0.0186. The monoisotopic (exact) mass is 233 g/mol. The number of hydrogen-bond donors (Lipinski definition) is 1. The van der Waals surface area contributed by atoms with Crippen molar-refractivity contribution >= 4 is 0 Å². The van der Waals surface area contributed by atoms with Crippen molar-refractivity contribution in [3.8, 4) is 0 Å². The Bertz CT molecular complexity index is 369. The first-order valence-electron chi connectivity index (χ1n) is 6.60. The molecule has 1 fully saturated rings. The zero-order valence-corrected chi connectivity index (χ0v) is 11.1. The summed E-state index contributed by atoms with van der Waals surface area (Å²) in [6.07, 6.45) is 2.90. The lowest BCUT2D eigenvalue weighted by Gasteiger charge is -2.26. The second-order valence-electron chi connectivity index (χ2n) is 5.07. The molecule has 0 saturated carbocycles. The van der Waals surface area contributed by atoms with Gasteiger partial charge in [-0.2, -0.15) is 0 Å². The van der Waals surface area contributed by atoms with Crippen molar-refractivity contribution in [2.45, 2.75) is 45.8 Å². The molecular weight excluding hydrogens is 210 g/mol. The van der Waals surface area contributed by atoms with E-state index < -0.39 is 0 Å². The molecule has 1 saturated heterocycles. The normalized spacial score (nSPS) is 19.2. The van der Waals surface area contributed by atoms with Gasteiger partial charge in [-0.25, -0.2) is 0 Å². The van der Waals surface area contributed by atoms with E-state index in [1.807, 2.05) is 0 Å². The highest BCUT2D eigenvalue weighted by Gasteiger charge is 2.17. The van der Waals surface area contributed by atoms with Gasteiger partial charge in [-0.05, 0) is 63.4 Å². The molecule has 1 heterocycles. The highest BCUT2D eigenvalue weighted by atomic mass is 16.5. The van der Waals surface area contributed by atoms with E-state index in [1.165, 1.54) is 16.7 Å². The molecule has 94 valence electrons. The first-order valence-corrected chi connectivity index (χ1v) is 6.60. The standard InChI is InChI=1S/C15H23NO/c1-11-4-5-14(10-12(11)2)13(3)17-15-6-8-16-9-7-15/h4-5,10,13,15-16H,6-9H2,1-3H3. The van der Waals surface area contributed by atoms with Gasteiger partial charge >= 0.3 is 0 Å². The van der Waals surface area contributed by atoms with Crippen molar-refractivity contribution < 1.29 is 4.74 Å². The average Bonchev–Trinajstić information content (AvgIpc) is 2.34. The second-order valence-corrected chi connectivity index (χ2v) is 5.07. The zero-order chi connectivity index (χ0) is 12.3. The quantitative estimate of drug-likeness (QED) is 0.866. The van der Waals surface area contributed by atoms with E-state index in [4.69, 9.17) is 4.74 Å². The molecule has 1 N–H and O–H groups in total. The van der Waals surface area contributed by atoms with Gasteiger partial charge in [-0.1, -0.05) is 18.2 Å². The summed E-state index contributed by atoms with van der Waals surface area (Å²) in [4.78, 5) is 0. The van der Waals surface area contributed by atoms with Gasteiger partial charge in [0.1, 0.15) is 0 Å². The Morgan fingerprint density at radius 3 is 2.53 bits per heavy atom. The van der Waals surface area contributed by atoms with Crippen molar-refractivity contribution in [1.29, 1.82) is 0 Å². The summed E-state index contributed by atoms with van der Waals surface area (Å²) in [7, 11) is 0. The van der Waals surface area contributed by atoms with Crippen molar-refractivity contribution in [2.75, 3.05) is 13.1 Å². The van der Waals surface area contributed by atoms with E-state index in [9.17, 15) is 0 Å². The maximum Gasteiger partial charge on any atom is 0.0800 e. The van der Waals surface area contributed by atoms with Crippen LogP contribution in [0.25, 0.3) is 0 Å². The van der Waals surface area contributed by atoms with Gasteiger partial charge in [0, 0.05) is 0 Å². The van der Waals surface area contributed by atoms with E-state index in [0.29, 0.717) is 6.10 Å². The molecule has 1 unspecified atom stereocenters. The Morgan fingerprint density at radius 2 is 1.88 bits per heavy atom. The molecule has 0 spiro atoms. The summed E-state index contributed by atoms with van der Waals surface area (Å²) in [5.74, 6) is 0. The second kappa shape index (κ2) is 5.65. The number of nitrogens with one attached hydrogen (secondary N) is 1. The molecule has 0 bridgehead atoms. The largest absolute Gasteiger partial charge is 0.370 e. The van der Waals surface area contributed by atoms with Crippen LogP contribution in [0.5, 0.6) is 0 Å². The summed E-state index contributed by atoms with van der Waals surface area (Å²) in [5, 5.41) is 3.36. The van der Waals surface area contributed by atoms with Crippen LogP contribution in [0.3, 0.4) is 0 Å². The number of aryl methyl sites for hydroxylation is 2. The van der Waals surface area contributed by atoms with Crippen LogP contribution >= 0.6 is 0 Å². The van der Waals surface area contributed by atoms with Crippen LogP contribution in [0.4, 0.5) is 0 Å². The molecule has 17 heavy (non-hydrogen) atoms. The Morgan fingerprint density at radius 1 is 1.18 bits per heavy atom. The van der Waals surface area contributed by atoms with E-state index in [0.717, 1.165) is 25.9 Å². The summed E-state index contributed by atoms with van der Waals surface area (Å²) < 4.78 is 6.13. The number of hydrogen-bond acceptors (Lipinski definition) is 2. The van der Waals surface area contributed by atoms with Crippen molar-refractivity contribution in [2.24, 2.45) is 0 Å². The lowest BCUT2D eigenvalue weighted by atomic mass is 10.0. The molecule has 1 aliphatic rings. The highest BCUT2D eigenvalue weighted by molar-refractivity contribution is 5.30. The van der Waals surface area contributed by atoms with E-state index >= 15 is 0 Å². The van der Waals surface area contributed by atoms with Gasteiger partial charge in [0.05, 0.1) is 12.2 Å². The van der Waals surface area contributed by atoms with Crippen LogP contribution in [-0.2, 0) is 4.74 Å². The van der Waals surface area contributed by atoms with Crippen LogP contribution in [0.1, 0.15) is 42.6 Å². The number of benzene rings is 1. The SMILES string of the molecule is Cc1ccc(C(C)OC2CCNCC2)cc1C. The van der Waals surface area contributed by atoms with Gasteiger partial charge < -0.3 is 10.1 Å². The maximum absolute atomic E-state index is 6.13. The number of piperidine rings is 1. The molecule has 0 radical (unpaired) electrons. The van der Waals surface area contributed by atoms with Crippen molar-refractivity contribution in [3.05, 3.63) is 34.9 Å². The van der Waals surface area contributed by atoms with Gasteiger partial charge in [-0.3, -0.25) is 0 Å². The molecule has 1 aliphatic heterocycles. The van der Waals surface area contributed by atoms with Crippen LogP contribution in [0.2, 0.25) is 0 Å². The molecule has 0 aliphatic carbocycles. The van der Waals surface area contributed by atoms with E-state index in [1.54, 1.807) is 0 Å². The van der Waals surface area contributed by atoms with Gasteiger partial charge in [0.25, 0.3) is 0 Å². The molecule has 2 heteroatoms. The molecule has 0 aromatic heterocycles. The Labute approximate surface area is 104 Å². The fourth-order valence-corrected chi connectivity index (χ4v) is 2.32. The summed E-state index contributed by atoms with van der Waals surface area (Å²) in [6, 6.07) is 6.63. The molecular formula is C15H23NO. The van der Waals surface area contributed by atoms with Crippen molar-refractivity contribution in [3.63, 3.8) is 0 Å². The molecule has 0 amide bonds. The van der Waals surface area contributed by atoms with Crippen LogP contribution in [-0.4, -0.2) is 19.2 Å². The van der Waals surface area contributed by atoms with Gasteiger partial charge in [0.15, 0.2) is 0 Å². The van der Waals surface area contributed by atoms with Gasteiger partial charge in [0.2, 0.25) is 0 Å². The first-order chi connectivity index (χ1) is 8.16. The predicted molar refractivity (Wildman–Crippen MR) is 71.3 cm³/mol. The number of rotatable bonds is 3. The third kappa shape index (κ3) is 3.30. The van der Waals surface area contributed by atoms with E-state index in [-0.39, 0.29) is 6.10 Å². The third-order valence-electron chi connectivity index (χ3n) is 3.68. The Balaban J connectivity index is 1.98. The third-order valence-corrected chi connectivity index (χ3v) is 3.68. The van der Waals surface area contributed by atoms with Gasteiger partial charge in [-0.15, -0.1) is 0 Å². The van der Waals surface area contributed by atoms with E-state index in [2.05, 4.69) is 44.3 Å². The molecule has 1 atom stereocenters. The minimum Gasteiger partial charge on any atom is -0.370 e. The molecule has 1 aromatic rings. The average molecular weight is 233 g/mol. The first kappa shape index (κ1) is 12.6. The van der Waals surface area contributed by atoms with Crippen LogP contribution < -0.4 is 5.32 Å². The topological polar surface area (TPSA) is 21.3 Å². The molecule has 2 nitrogen and oxygen atoms in total. The molecule has 2 rings (SSSR count). The number of ether oxygens (including phenoxy) is 1. The Hall–Kier alpha value is -0.860. The minimum atomic E-state index is 0.206. The minimum absolute atomic E-state index is 0.206. The van der Waals surface area contributed by atoms with Crippen LogP contribution in [0.15, 0.2) is 18.2 Å². The van der Waals surface area contributed by atoms with Crippen molar-refractivity contribution in [1.82, 2.24) is 5.32 Å². The smallest absolute Gasteiger partial charge is 0.0800 e. The van der Waals surface area contributed by atoms with Crippen LogP contribution in [0, 0.1) is 13.8 Å². The fourth-order valence-electron chi connectivity index (χ4n) is 2.32. The summed E-state index contributed by atoms with van der Waals surface area (Å²) in [5.41, 5.74) is 4.00. The lowest BCUT2D eigenvalue weighted by Crippen LogP contribution is -2.33. The summed E-state index contributed by atoms with van der Waals surface area (Å²) >= 11 is 0. The molecule has 1 aromatic carbocycles. The predicted octanol–water partition coefficient (Wildman–Crippen LogP) is 3.13. The Kier molecular flexibility index (Phi) is 4.19. The highest BCUT2D eigenvalue weighted by Crippen LogP contribution is 2.23.